The van der Waals surface area contributed by atoms with E-state index in [1.807, 2.05) is 0 Å². The molecule has 0 amide bonds. The SMILES string of the molecule is COc1nn(C2CCCCO2)cc1[B-](F)(F)F. The quantitative estimate of drug-likeness (QED) is 0.764. The van der Waals surface area contributed by atoms with Gasteiger partial charge in [-0.05, 0) is 24.7 Å². The van der Waals surface area contributed by atoms with E-state index in [1.165, 1.54) is 11.8 Å². The highest BCUT2D eigenvalue weighted by Crippen LogP contribution is 2.24. The van der Waals surface area contributed by atoms with Crippen LogP contribution in [0.2, 0.25) is 0 Å². The van der Waals surface area contributed by atoms with Crippen molar-refractivity contribution in [3.63, 3.8) is 0 Å². The van der Waals surface area contributed by atoms with Crippen molar-refractivity contribution >= 4 is 12.4 Å². The Kier molecular flexibility index (Phi) is 3.32. The average molecular weight is 249 g/mol. The number of aromatic nitrogens is 2. The molecule has 1 aliphatic heterocycles. The monoisotopic (exact) mass is 249 g/mol. The summed E-state index contributed by atoms with van der Waals surface area (Å²) in [7, 11) is 1.18. The van der Waals surface area contributed by atoms with Crippen LogP contribution in [0.25, 0.3) is 0 Å². The molecule has 1 aromatic rings. The first-order chi connectivity index (χ1) is 8.02. The van der Waals surface area contributed by atoms with Crippen molar-refractivity contribution in [3.05, 3.63) is 6.20 Å². The largest absolute Gasteiger partial charge is 0.516 e. The van der Waals surface area contributed by atoms with Crippen molar-refractivity contribution in [1.82, 2.24) is 9.78 Å². The molecule has 0 N–H and O–H groups in total. The Bertz CT molecular complexity index is 388. The van der Waals surface area contributed by atoms with Crippen molar-refractivity contribution in [2.75, 3.05) is 13.7 Å². The molecule has 1 saturated heterocycles. The Morgan fingerprint density at radius 3 is 2.71 bits per heavy atom. The van der Waals surface area contributed by atoms with Gasteiger partial charge in [-0.1, -0.05) is 0 Å². The third kappa shape index (κ3) is 2.57. The van der Waals surface area contributed by atoms with E-state index < -0.39 is 18.7 Å². The second kappa shape index (κ2) is 4.60. The molecule has 0 aromatic carbocycles. The van der Waals surface area contributed by atoms with E-state index in [-0.39, 0.29) is 5.88 Å². The molecule has 0 saturated carbocycles. The highest BCUT2D eigenvalue weighted by Gasteiger charge is 2.33. The van der Waals surface area contributed by atoms with Gasteiger partial charge in [0, 0.05) is 12.8 Å². The van der Waals surface area contributed by atoms with Crippen LogP contribution in [-0.2, 0) is 4.74 Å². The molecule has 2 heterocycles. The molecule has 0 aliphatic carbocycles. The third-order valence-corrected chi connectivity index (χ3v) is 2.72. The second-order valence-corrected chi connectivity index (χ2v) is 3.97. The van der Waals surface area contributed by atoms with Crippen molar-refractivity contribution in [1.29, 1.82) is 0 Å². The maximum atomic E-state index is 12.7. The highest BCUT2D eigenvalue weighted by molar-refractivity contribution is 6.74. The Balaban J connectivity index is 2.27. The van der Waals surface area contributed by atoms with Gasteiger partial charge in [0.05, 0.1) is 7.11 Å². The summed E-state index contributed by atoms with van der Waals surface area (Å²) in [5.74, 6) is -0.383. The lowest BCUT2D eigenvalue weighted by Crippen LogP contribution is -2.34. The predicted octanol–water partition coefficient (Wildman–Crippen LogP) is 1.65. The smallest absolute Gasteiger partial charge is 0.482 e. The van der Waals surface area contributed by atoms with Crippen LogP contribution in [-0.4, -0.2) is 30.5 Å². The van der Waals surface area contributed by atoms with Gasteiger partial charge in [0.15, 0.2) is 0 Å². The normalized spacial score (nSPS) is 21.5. The van der Waals surface area contributed by atoms with Crippen LogP contribution >= 0.6 is 0 Å². The van der Waals surface area contributed by atoms with E-state index in [0.717, 1.165) is 19.0 Å². The summed E-state index contributed by atoms with van der Waals surface area (Å²) in [6, 6.07) is 0. The molecule has 1 aromatic heterocycles. The zero-order valence-electron chi connectivity index (χ0n) is 9.41. The van der Waals surface area contributed by atoms with Gasteiger partial charge in [-0.15, -0.1) is 5.10 Å². The van der Waals surface area contributed by atoms with Crippen LogP contribution in [0, 0.1) is 0 Å². The molecular formula is C9H13BF3N2O2-. The Morgan fingerprint density at radius 1 is 1.47 bits per heavy atom. The summed E-state index contributed by atoms with van der Waals surface area (Å²) >= 11 is 0. The van der Waals surface area contributed by atoms with E-state index in [1.54, 1.807) is 0 Å². The summed E-state index contributed by atoms with van der Waals surface area (Å²) < 4.78 is 49.3. The van der Waals surface area contributed by atoms with Crippen LogP contribution in [0.1, 0.15) is 25.5 Å². The Labute approximate surface area is 96.8 Å². The number of ether oxygens (including phenoxy) is 2. The molecule has 96 valence electrons. The van der Waals surface area contributed by atoms with Gasteiger partial charge in [-0.2, -0.15) is 0 Å². The van der Waals surface area contributed by atoms with Crippen molar-refractivity contribution in [3.8, 4) is 5.88 Å². The molecule has 1 atom stereocenters. The van der Waals surface area contributed by atoms with Gasteiger partial charge in [-0.3, -0.25) is 0 Å². The lowest BCUT2D eigenvalue weighted by molar-refractivity contribution is -0.0399. The van der Waals surface area contributed by atoms with E-state index >= 15 is 0 Å². The van der Waals surface area contributed by atoms with Crippen LogP contribution in [0.3, 0.4) is 0 Å². The maximum Gasteiger partial charge on any atom is 0.516 e. The van der Waals surface area contributed by atoms with Gasteiger partial charge in [0.25, 0.3) is 0 Å². The van der Waals surface area contributed by atoms with Crippen LogP contribution in [0.15, 0.2) is 6.20 Å². The summed E-state index contributed by atoms with van der Waals surface area (Å²) in [4.78, 5) is 0. The number of hydrogen-bond donors (Lipinski definition) is 0. The van der Waals surface area contributed by atoms with Crippen molar-refractivity contribution in [2.24, 2.45) is 0 Å². The summed E-state index contributed by atoms with van der Waals surface area (Å²) in [6.45, 7) is -4.56. The maximum absolute atomic E-state index is 12.7. The lowest BCUT2D eigenvalue weighted by atomic mass is 9.82. The lowest BCUT2D eigenvalue weighted by Gasteiger charge is -2.22. The minimum atomic E-state index is -5.11. The van der Waals surface area contributed by atoms with Gasteiger partial charge in [0.2, 0.25) is 5.88 Å². The third-order valence-electron chi connectivity index (χ3n) is 2.72. The van der Waals surface area contributed by atoms with Crippen molar-refractivity contribution < 1.29 is 22.4 Å². The number of rotatable bonds is 3. The fraction of sp³-hybridized carbons (Fsp3) is 0.667. The fourth-order valence-electron chi connectivity index (χ4n) is 1.85. The minimum Gasteiger partial charge on any atom is -0.482 e. The van der Waals surface area contributed by atoms with Gasteiger partial charge < -0.3 is 22.4 Å². The molecular weight excluding hydrogens is 236 g/mol. The van der Waals surface area contributed by atoms with Gasteiger partial charge >= 0.3 is 6.98 Å². The first-order valence-corrected chi connectivity index (χ1v) is 5.47. The van der Waals surface area contributed by atoms with E-state index in [0.29, 0.717) is 13.0 Å². The molecule has 0 bridgehead atoms. The molecule has 8 heteroatoms. The highest BCUT2D eigenvalue weighted by atomic mass is 19.4. The molecule has 4 nitrogen and oxygen atoms in total. The summed E-state index contributed by atoms with van der Waals surface area (Å²) in [5.41, 5.74) is -0.804. The zero-order chi connectivity index (χ0) is 12.5. The minimum absolute atomic E-state index is 0.383. The molecule has 17 heavy (non-hydrogen) atoms. The van der Waals surface area contributed by atoms with Gasteiger partial charge in [-0.25, -0.2) is 4.68 Å². The first-order valence-electron chi connectivity index (χ1n) is 5.47. The van der Waals surface area contributed by atoms with Gasteiger partial charge in [0.1, 0.15) is 6.23 Å². The number of hydrogen-bond acceptors (Lipinski definition) is 3. The van der Waals surface area contributed by atoms with Crippen LogP contribution in [0.4, 0.5) is 12.9 Å². The molecule has 2 rings (SSSR count). The van der Waals surface area contributed by atoms with Crippen LogP contribution in [0.5, 0.6) is 5.88 Å². The summed E-state index contributed by atoms with van der Waals surface area (Å²) in [6.07, 6.45) is 3.10. The topological polar surface area (TPSA) is 36.3 Å². The molecule has 1 unspecified atom stereocenters. The second-order valence-electron chi connectivity index (χ2n) is 3.97. The molecule has 1 fully saturated rings. The zero-order valence-corrected chi connectivity index (χ0v) is 9.41. The standard InChI is InChI=1S/C9H13BF3N2O2/c1-16-9-7(10(11,12)13)6-15(14-9)8-4-2-3-5-17-8/h6,8H,2-5H2,1H3/q-1. The number of nitrogens with zero attached hydrogens (tertiary/aromatic N) is 2. The fourth-order valence-corrected chi connectivity index (χ4v) is 1.85. The predicted molar refractivity (Wildman–Crippen MR) is 56.3 cm³/mol. The average Bonchev–Trinajstić information content (AvgIpc) is 2.74. The van der Waals surface area contributed by atoms with Crippen molar-refractivity contribution in [2.45, 2.75) is 25.5 Å². The van der Waals surface area contributed by atoms with E-state index in [2.05, 4.69) is 9.84 Å². The first kappa shape index (κ1) is 12.3. The summed E-state index contributed by atoms with van der Waals surface area (Å²) in [5, 5.41) is 3.78. The Morgan fingerprint density at radius 2 is 2.24 bits per heavy atom. The molecule has 0 radical (unpaired) electrons. The number of halogens is 3. The Hall–Kier alpha value is -1.18. The van der Waals surface area contributed by atoms with E-state index in [9.17, 15) is 12.9 Å². The molecule has 1 aliphatic rings. The molecule has 0 spiro atoms. The van der Waals surface area contributed by atoms with Crippen LogP contribution < -0.4 is 10.2 Å². The number of methoxy groups -OCH3 is 1. The van der Waals surface area contributed by atoms with E-state index in [4.69, 9.17) is 4.74 Å².